The quantitative estimate of drug-likeness (QED) is 0.725. The predicted octanol–water partition coefficient (Wildman–Crippen LogP) is 3.47. The number of benzene rings is 2. The fraction of sp³-hybridized carbons (Fsp3) is 0.111. The molecule has 2 aromatic carbocycles. The van der Waals surface area contributed by atoms with Crippen molar-refractivity contribution in [2.75, 3.05) is 5.32 Å². The number of anilines is 1. The standard InChI is InChI=1S/C18H14ClN3O3/c1-11(17(23)22-13-5-2-4-12(19)10-13)25-18(24)14-6-3-7-15-16(14)21-9-8-20-15/h2-11H,1H3,(H,22,23). The highest BCUT2D eigenvalue weighted by molar-refractivity contribution is 6.30. The Morgan fingerprint density at radius 3 is 2.68 bits per heavy atom. The number of halogens is 1. The number of carbonyl (C=O) groups is 2. The molecule has 1 N–H and O–H groups in total. The average Bonchev–Trinajstić information content (AvgIpc) is 2.61. The van der Waals surface area contributed by atoms with E-state index in [9.17, 15) is 9.59 Å². The molecule has 1 aromatic heterocycles. The van der Waals surface area contributed by atoms with Crippen LogP contribution in [0, 0.1) is 0 Å². The first-order valence-electron chi connectivity index (χ1n) is 7.52. The lowest BCUT2D eigenvalue weighted by Crippen LogP contribution is -2.30. The second-order valence-corrected chi connectivity index (χ2v) is 5.71. The molecule has 3 aromatic rings. The minimum atomic E-state index is -0.988. The van der Waals surface area contributed by atoms with Crippen LogP contribution >= 0.6 is 11.6 Å². The van der Waals surface area contributed by atoms with Gasteiger partial charge >= 0.3 is 5.97 Å². The summed E-state index contributed by atoms with van der Waals surface area (Å²) in [4.78, 5) is 32.9. The van der Waals surface area contributed by atoms with Crippen LogP contribution in [0.1, 0.15) is 17.3 Å². The van der Waals surface area contributed by atoms with E-state index in [1.54, 1.807) is 48.7 Å². The van der Waals surface area contributed by atoms with Gasteiger partial charge in [-0.3, -0.25) is 14.8 Å². The molecule has 6 nitrogen and oxygen atoms in total. The number of esters is 1. The van der Waals surface area contributed by atoms with Crippen molar-refractivity contribution in [2.45, 2.75) is 13.0 Å². The number of nitrogens with zero attached hydrogens (tertiary/aromatic N) is 2. The van der Waals surface area contributed by atoms with Crippen LogP contribution in [0.5, 0.6) is 0 Å². The third-order valence-electron chi connectivity index (χ3n) is 3.46. The van der Waals surface area contributed by atoms with Gasteiger partial charge in [-0.05, 0) is 37.3 Å². The second kappa shape index (κ2) is 7.27. The normalized spacial score (nSPS) is 11.8. The molecule has 0 saturated carbocycles. The Hall–Kier alpha value is -2.99. The molecule has 1 heterocycles. The maximum atomic E-state index is 12.4. The first-order valence-corrected chi connectivity index (χ1v) is 7.89. The number of nitrogens with one attached hydrogen (secondary N) is 1. The lowest BCUT2D eigenvalue weighted by Gasteiger charge is -2.14. The van der Waals surface area contributed by atoms with Crippen LogP contribution < -0.4 is 5.32 Å². The van der Waals surface area contributed by atoms with E-state index < -0.39 is 18.0 Å². The topological polar surface area (TPSA) is 81.2 Å². The molecular weight excluding hydrogens is 342 g/mol. The number of ether oxygens (including phenoxy) is 1. The zero-order chi connectivity index (χ0) is 17.8. The molecule has 1 atom stereocenters. The van der Waals surface area contributed by atoms with Crippen molar-refractivity contribution < 1.29 is 14.3 Å². The number of para-hydroxylation sites is 1. The molecule has 1 amide bonds. The fourth-order valence-corrected chi connectivity index (χ4v) is 2.44. The molecule has 0 radical (unpaired) electrons. The minimum Gasteiger partial charge on any atom is -0.449 e. The van der Waals surface area contributed by atoms with E-state index in [-0.39, 0.29) is 5.56 Å². The van der Waals surface area contributed by atoms with Crippen LogP contribution in [-0.4, -0.2) is 27.9 Å². The molecule has 1 unspecified atom stereocenters. The minimum absolute atomic E-state index is 0.257. The zero-order valence-electron chi connectivity index (χ0n) is 13.3. The molecule has 3 rings (SSSR count). The number of aromatic nitrogens is 2. The van der Waals surface area contributed by atoms with Crippen molar-refractivity contribution in [1.82, 2.24) is 9.97 Å². The first-order chi connectivity index (χ1) is 12.0. The summed E-state index contributed by atoms with van der Waals surface area (Å²) < 4.78 is 5.26. The van der Waals surface area contributed by atoms with Crippen LogP contribution in [0.25, 0.3) is 11.0 Å². The number of fused-ring (bicyclic) bond motifs is 1. The molecular formula is C18H14ClN3O3. The van der Waals surface area contributed by atoms with Crippen molar-refractivity contribution in [2.24, 2.45) is 0 Å². The van der Waals surface area contributed by atoms with E-state index in [1.807, 2.05) is 0 Å². The van der Waals surface area contributed by atoms with Crippen LogP contribution in [0.2, 0.25) is 5.02 Å². The first kappa shape index (κ1) is 16.9. The summed E-state index contributed by atoms with van der Waals surface area (Å²) >= 11 is 5.88. The molecule has 0 aliphatic rings. The molecule has 7 heteroatoms. The SMILES string of the molecule is CC(OC(=O)c1cccc2nccnc12)C(=O)Nc1cccc(Cl)c1. The van der Waals surface area contributed by atoms with Crippen LogP contribution in [0.3, 0.4) is 0 Å². The second-order valence-electron chi connectivity index (χ2n) is 5.28. The van der Waals surface area contributed by atoms with E-state index in [1.165, 1.54) is 13.1 Å². The fourth-order valence-electron chi connectivity index (χ4n) is 2.25. The number of rotatable bonds is 4. The molecule has 0 spiro atoms. The van der Waals surface area contributed by atoms with Crippen LogP contribution in [0.15, 0.2) is 54.9 Å². The zero-order valence-corrected chi connectivity index (χ0v) is 14.0. The van der Waals surface area contributed by atoms with Gasteiger partial charge in [-0.2, -0.15) is 0 Å². The van der Waals surface area contributed by atoms with Crippen molar-refractivity contribution in [3.63, 3.8) is 0 Å². The maximum Gasteiger partial charge on any atom is 0.341 e. The highest BCUT2D eigenvalue weighted by atomic mass is 35.5. The predicted molar refractivity (Wildman–Crippen MR) is 94.5 cm³/mol. The third-order valence-corrected chi connectivity index (χ3v) is 3.70. The monoisotopic (exact) mass is 355 g/mol. The summed E-state index contributed by atoms with van der Waals surface area (Å²) in [5.41, 5.74) is 1.79. The van der Waals surface area contributed by atoms with E-state index >= 15 is 0 Å². The summed E-state index contributed by atoms with van der Waals surface area (Å²) in [6, 6.07) is 11.7. The van der Waals surface area contributed by atoms with Crippen molar-refractivity contribution >= 4 is 40.2 Å². The van der Waals surface area contributed by atoms with E-state index in [0.29, 0.717) is 21.7 Å². The smallest absolute Gasteiger partial charge is 0.341 e. The van der Waals surface area contributed by atoms with E-state index in [4.69, 9.17) is 16.3 Å². The average molecular weight is 356 g/mol. The largest absolute Gasteiger partial charge is 0.449 e. The molecule has 0 saturated heterocycles. The van der Waals surface area contributed by atoms with E-state index in [0.717, 1.165) is 0 Å². The van der Waals surface area contributed by atoms with Gasteiger partial charge < -0.3 is 10.1 Å². The van der Waals surface area contributed by atoms with Gasteiger partial charge in [0, 0.05) is 23.1 Å². The Morgan fingerprint density at radius 2 is 1.88 bits per heavy atom. The highest BCUT2D eigenvalue weighted by Gasteiger charge is 2.21. The van der Waals surface area contributed by atoms with Gasteiger partial charge in [0.25, 0.3) is 5.91 Å². The van der Waals surface area contributed by atoms with Crippen molar-refractivity contribution in [3.8, 4) is 0 Å². The van der Waals surface area contributed by atoms with Gasteiger partial charge in [-0.25, -0.2) is 4.79 Å². The lowest BCUT2D eigenvalue weighted by molar-refractivity contribution is -0.123. The number of hydrogen-bond donors (Lipinski definition) is 1. The van der Waals surface area contributed by atoms with Gasteiger partial charge in [0.2, 0.25) is 0 Å². The summed E-state index contributed by atoms with van der Waals surface area (Å²) in [5.74, 6) is -1.10. The van der Waals surface area contributed by atoms with Crippen molar-refractivity contribution in [3.05, 3.63) is 65.4 Å². The molecule has 0 aliphatic heterocycles. The third kappa shape index (κ3) is 3.92. The lowest BCUT2D eigenvalue weighted by atomic mass is 10.2. The van der Waals surface area contributed by atoms with Gasteiger partial charge in [0.05, 0.1) is 11.1 Å². The summed E-state index contributed by atoms with van der Waals surface area (Å²) in [6.07, 6.45) is 2.05. The summed E-state index contributed by atoms with van der Waals surface area (Å²) in [7, 11) is 0. The molecule has 0 fully saturated rings. The molecule has 126 valence electrons. The Bertz CT molecular complexity index is 940. The van der Waals surface area contributed by atoms with Gasteiger partial charge in [0.1, 0.15) is 5.52 Å². The number of amides is 1. The Kier molecular flexibility index (Phi) is 4.90. The Labute approximate surface area is 148 Å². The van der Waals surface area contributed by atoms with Crippen molar-refractivity contribution in [1.29, 1.82) is 0 Å². The highest BCUT2D eigenvalue weighted by Crippen LogP contribution is 2.17. The maximum absolute atomic E-state index is 12.4. The van der Waals surface area contributed by atoms with E-state index in [2.05, 4.69) is 15.3 Å². The van der Waals surface area contributed by atoms with Crippen LogP contribution in [-0.2, 0) is 9.53 Å². The Balaban J connectivity index is 1.72. The Morgan fingerprint density at radius 1 is 1.12 bits per heavy atom. The van der Waals surface area contributed by atoms with Crippen LogP contribution in [0.4, 0.5) is 5.69 Å². The molecule has 0 aliphatic carbocycles. The molecule has 0 bridgehead atoms. The summed E-state index contributed by atoms with van der Waals surface area (Å²) in [5, 5.41) is 3.14. The summed E-state index contributed by atoms with van der Waals surface area (Å²) in [6.45, 7) is 1.49. The van der Waals surface area contributed by atoms with Gasteiger partial charge in [-0.1, -0.05) is 23.7 Å². The van der Waals surface area contributed by atoms with Gasteiger partial charge in [0.15, 0.2) is 6.10 Å². The number of hydrogen-bond acceptors (Lipinski definition) is 5. The number of carbonyl (C=O) groups excluding carboxylic acids is 2. The molecule has 25 heavy (non-hydrogen) atoms. The van der Waals surface area contributed by atoms with Gasteiger partial charge in [-0.15, -0.1) is 0 Å².